The number of benzene rings is 2. The van der Waals surface area contributed by atoms with E-state index in [-0.39, 0.29) is 35.9 Å². The molecule has 1 aromatic heterocycles. The van der Waals surface area contributed by atoms with Gasteiger partial charge in [0.25, 0.3) is 0 Å². The van der Waals surface area contributed by atoms with Crippen molar-refractivity contribution in [2.75, 3.05) is 20.1 Å². The van der Waals surface area contributed by atoms with Crippen LogP contribution in [0.5, 0.6) is 0 Å². The van der Waals surface area contributed by atoms with E-state index in [1.165, 1.54) is 22.5 Å². The van der Waals surface area contributed by atoms with Crippen LogP contribution in [0.4, 0.5) is 4.39 Å². The average Bonchev–Trinajstić information content (AvgIpc) is 3.22. The number of carbonyl (C=O) groups excluding carboxylic acids is 1. The van der Waals surface area contributed by atoms with Crippen molar-refractivity contribution in [2.24, 2.45) is 5.92 Å². The number of amides is 1. The molecule has 2 aromatic carbocycles. The van der Waals surface area contributed by atoms with Gasteiger partial charge in [-0.15, -0.1) is 0 Å². The highest BCUT2D eigenvalue weighted by molar-refractivity contribution is 7.89. The fraction of sp³-hybridized carbons (Fsp3) is 0.348. The van der Waals surface area contributed by atoms with Gasteiger partial charge in [-0.3, -0.25) is 4.79 Å². The highest BCUT2D eigenvalue weighted by atomic mass is 32.2. The molecule has 1 unspecified atom stereocenters. The summed E-state index contributed by atoms with van der Waals surface area (Å²) in [5.41, 5.74) is 0.775. The average molecular weight is 445 g/mol. The van der Waals surface area contributed by atoms with Gasteiger partial charge in [0.2, 0.25) is 15.9 Å². The van der Waals surface area contributed by atoms with E-state index in [1.807, 2.05) is 37.3 Å². The molecule has 2 heterocycles. The first-order chi connectivity index (χ1) is 14.8. The van der Waals surface area contributed by atoms with E-state index in [9.17, 15) is 17.6 Å². The van der Waals surface area contributed by atoms with Crippen LogP contribution in [0.1, 0.15) is 31.6 Å². The largest absolute Gasteiger partial charge is 0.459 e. The number of hydrogen-bond donors (Lipinski definition) is 0. The van der Waals surface area contributed by atoms with Crippen LogP contribution in [0.2, 0.25) is 0 Å². The Bertz CT molecular complexity index is 1170. The molecule has 1 fully saturated rings. The second-order valence-corrected chi connectivity index (χ2v) is 9.83. The summed E-state index contributed by atoms with van der Waals surface area (Å²) in [5, 5.41) is 0.983. The van der Waals surface area contributed by atoms with Crippen LogP contribution in [-0.4, -0.2) is 43.7 Å². The predicted octanol–water partition coefficient (Wildman–Crippen LogP) is 4.19. The molecule has 0 spiro atoms. The zero-order chi connectivity index (χ0) is 22.2. The molecule has 1 amide bonds. The molecule has 31 heavy (non-hydrogen) atoms. The van der Waals surface area contributed by atoms with Crippen molar-refractivity contribution in [3.8, 4) is 0 Å². The maximum atomic E-state index is 14.0. The predicted molar refractivity (Wildman–Crippen MR) is 115 cm³/mol. The van der Waals surface area contributed by atoms with Crippen LogP contribution >= 0.6 is 0 Å². The smallest absolute Gasteiger partial charge is 0.245 e. The lowest BCUT2D eigenvalue weighted by Crippen LogP contribution is -2.44. The normalized spacial score (nSPS) is 17.0. The molecule has 0 aliphatic carbocycles. The van der Waals surface area contributed by atoms with Gasteiger partial charge < -0.3 is 9.32 Å². The number of para-hydroxylation sites is 1. The Morgan fingerprint density at radius 1 is 1.13 bits per heavy atom. The molecular formula is C23H25FN2O4S. The van der Waals surface area contributed by atoms with E-state index in [2.05, 4.69) is 0 Å². The Morgan fingerprint density at radius 3 is 2.45 bits per heavy atom. The molecule has 164 valence electrons. The Hall–Kier alpha value is -2.71. The molecule has 6 nitrogen and oxygen atoms in total. The molecule has 0 saturated carbocycles. The third-order valence-corrected chi connectivity index (χ3v) is 7.97. The number of fused-ring (bicyclic) bond motifs is 1. The lowest BCUT2D eigenvalue weighted by Gasteiger charge is -2.34. The highest BCUT2D eigenvalue weighted by Gasteiger charge is 2.35. The van der Waals surface area contributed by atoms with Crippen LogP contribution in [0.25, 0.3) is 11.0 Å². The number of furan rings is 1. The first-order valence-electron chi connectivity index (χ1n) is 10.3. The van der Waals surface area contributed by atoms with Crippen molar-refractivity contribution in [3.63, 3.8) is 0 Å². The summed E-state index contributed by atoms with van der Waals surface area (Å²) < 4.78 is 46.7. The van der Waals surface area contributed by atoms with Crippen LogP contribution in [-0.2, 0) is 14.8 Å². The van der Waals surface area contributed by atoms with E-state index in [0.717, 1.165) is 17.0 Å². The van der Waals surface area contributed by atoms with Crippen molar-refractivity contribution < 1.29 is 22.0 Å². The van der Waals surface area contributed by atoms with Crippen molar-refractivity contribution in [2.45, 2.75) is 30.7 Å². The Morgan fingerprint density at radius 2 is 1.77 bits per heavy atom. The zero-order valence-corrected chi connectivity index (χ0v) is 18.3. The lowest BCUT2D eigenvalue weighted by molar-refractivity contribution is -0.137. The molecule has 1 saturated heterocycles. The standard InChI is InChI=1S/C23H25FN2O4S/c1-16(21-15-18-7-3-5-9-20(18)30-21)25(2)23(27)17-11-13-26(14-12-17)31(28,29)22-10-6-4-8-19(22)24/h3-10,15-17H,11-14H2,1-2H3. The van der Waals surface area contributed by atoms with Gasteiger partial charge in [-0.2, -0.15) is 4.31 Å². The second kappa shape index (κ2) is 8.43. The van der Waals surface area contributed by atoms with E-state index in [1.54, 1.807) is 11.9 Å². The lowest BCUT2D eigenvalue weighted by atomic mass is 9.96. The number of nitrogens with zero attached hydrogens (tertiary/aromatic N) is 2. The Kier molecular flexibility index (Phi) is 5.85. The first-order valence-corrected chi connectivity index (χ1v) is 11.7. The zero-order valence-electron chi connectivity index (χ0n) is 17.5. The molecule has 8 heteroatoms. The van der Waals surface area contributed by atoms with Gasteiger partial charge in [-0.25, -0.2) is 12.8 Å². The maximum absolute atomic E-state index is 14.0. The minimum Gasteiger partial charge on any atom is -0.459 e. The van der Waals surface area contributed by atoms with E-state index in [0.29, 0.717) is 18.6 Å². The summed E-state index contributed by atoms with van der Waals surface area (Å²) in [6.45, 7) is 2.27. The van der Waals surface area contributed by atoms with E-state index >= 15 is 0 Å². The Balaban J connectivity index is 1.42. The van der Waals surface area contributed by atoms with Gasteiger partial charge >= 0.3 is 0 Å². The van der Waals surface area contributed by atoms with E-state index < -0.39 is 15.8 Å². The van der Waals surface area contributed by atoms with Gasteiger partial charge in [0.1, 0.15) is 22.1 Å². The van der Waals surface area contributed by atoms with Gasteiger partial charge in [-0.1, -0.05) is 30.3 Å². The first kappa shape index (κ1) is 21.5. The Labute approximate surface area is 181 Å². The highest BCUT2D eigenvalue weighted by Crippen LogP contribution is 2.30. The number of halogens is 1. The summed E-state index contributed by atoms with van der Waals surface area (Å²) in [6, 6.07) is 14.7. The number of carbonyl (C=O) groups is 1. The van der Waals surface area contributed by atoms with Gasteiger partial charge in [-0.05, 0) is 44.0 Å². The molecule has 3 aromatic rings. The van der Waals surface area contributed by atoms with Crippen molar-refractivity contribution in [1.29, 1.82) is 0 Å². The van der Waals surface area contributed by atoms with Crippen LogP contribution < -0.4 is 0 Å². The molecule has 0 radical (unpaired) electrons. The number of piperidine rings is 1. The fourth-order valence-electron chi connectivity index (χ4n) is 4.01. The van der Waals surface area contributed by atoms with Crippen LogP contribution in [0.15, 0.2) is 63.9 Å². The molecule has 1 aliphatic heterocycles. The molecular weight excluding hydrogens is 419 g/mol. The fourth-order valence-corrected chi connectivity index (χ4v) is 5.55. The third kappa shape index (κ3) is 4.09. The van der Waals surface area contributed by atoms with Crippen LogP contribution in [0.3, 0.4) is 0 Å². The van der Waals surface area contributed by atoms with Crippen molar-refractivity contribution in [3.05, 3.63) is 66.2 Å². The third-order valence-electron chi connectivity index (χ3n) is 6.04. The quantitative estimate of drug-likeness (QED) is 0.592. The molecule has 1 atom stereocenters. The van der Waals surface area contributed by atoms with Gasteiger partial charge in [0.05, 0.1) is 6.04 Å². The monoisotopic (exact) mass is 444 g/mol. The number of hydrogen-bond acceptors (Lipinski definition) is 4. The summed E-state index contributed by atoms with van der Waals surface area (Å²) in [4.78, 5) is 14.4. The number of rotatable bonds is 5. The summed E-state index contributed by atoms with van der Waals surface area (Å²) in [7, 11) is -2.18. The summed E-state index contributed by atoms with van der Waals surface area (Å²) >= 11 is 0. The molecule has 4 rings (SSSR count). The van der Waals surface area contributed by atoms with E-state index in [4.69, 9.17) is 4.42 Å². The SMILES string of the molecule is CC(c1cc2ccccc2o1)N(C)C(=O)C1CCN(S(=O)(=O)c2ccccc2F)CC1. The van der Waals surface area contributed by atoms with Gasteiger partial charge in [0, 0.05) is 31.4 Å². The summed E-state index contributed by atoms with van der Waals surface area (Å²) in [6.07, 6.45) is 0.785. The minimum absolute atomic E-state index is 0.0455. The maximum Gasteiger partial charge on any atom is 0.245 e. The molecule has 0 bridgehead atoms. The molecule has 0 N–H and O–H groups in total. The summed E-state index contributed by atoms with van der Waals surface area (Å²) in [5.74, 6) is -0.392. The van der Waals surface area contributed by atoms with Crippen LogP contribution in [0, 0.1) is 11.7 Å². The topological polar surface area (TPSA) is 70.8 Å². The van der Waals surface area contributed by atoms with Crippen molar-refractivity contribution in [1.82, 2.24) is 9.21 Å². The van der Waals surface area contributed by atoms with Gasteiger partial charge in [0.15, 0.2) is 0 Å². The van der Waals surface area contributed by atoms with Crippen molar-refractivity contribution >= 4 is 26.9 Å². The number of sulfonamides is 1. The second-order valence-electron chi connectivity index (χ2n) is 7.92. The minimum atomic E-state index is -3.92. The molecule has 1 aliphatic rings.